The number of carbonyl (C=O) groups is 1. The Balaban J connectivity index is 1.81. The molecule has 5 nitrogen and oxygen atoms in total. The topological polar surface area (TPSA) is 66.3 Å². The van der Waals surface area contributed by atoms with E-state index in [0.29, 0.717) is 23.5 Å². The monoisotopic (exact) mass is 271 g/mol. The summed E-state index contributed by atoms with van der Waals surface area (Å²) in [6, 6.07) is 5.46. The first-order valence-corrected chi connectivity index (χ1v) is 6.78. The maximum Gasteiger partial charge on any atom is 0.255 e. The third-order valence-corrected chi connectivity index (χ3v) is 3.82. The smallest absolute Gasteiger partial charge is 0.255 e. The number of fused-ring (bicyclic) bond motifs is 1. The Bertz CT molecular complexity index is 633. The van der Waals surface area contributed by atoms with E-state index in [1.807, 2.05) is 12.1 Å². The van der Waals surface area contributed by atoms with Gasteiger partial charge in [-0.2, -0.15) is 0 Å². The van der Waals surface area contributed by atoms with Crippen LogP contribution >= 0.6 is 0 Å². The summed E-state index contributed by atoms with van der Waals surface area (Å²) < 4.78 is 0. The molecule has 104 valence electrons. The molecule has 20 heavy (non-hydrogen) atoms. The van der Waals surface area contributed by atoms with E-state index in [1.165, 1.54) is 0 Å². The maximum absolute atomic E-state index is 12.5. The molecule has 1 fully saturated rings. The molecule has 1 N–H and O–H groups in total. The number of aliphatic hydroxyl groups is 1. The lowest BCUT2D eigenvalue weighted by Crippen LogP contribution is -2.39. The number of benzene rings is 1. The van der Waals surface area contributed by atoms with Gasteiger partial charge in [-0.15, -0.1) is 0 Å². The number of amides is 1. The number of hydrogen-bond acceptors (Lipinski definition) is 4. The van der Waals surface area contributed by atoms with Crippen LogP contribution in [0.5, 0.6) is 0 Å². The van der Waals surface area contributed by atoms with Crippen molar-refractivity contribution in [2.24, 2.45) is 5.92 Å². The number of hydrogen-bond donors (Lipinski definition) is 1. The summed E-state index contributed by atoms with van der Waals surface area (Å²) in [6.07, 6.45) is 4.60. The minimum Gasteiger partial charge on any atom is -0.393 e. The Kier molecular flexibility index (Phi) is 3.36. The van der Waals surface area contributed by atoms with Gasteiger partial charge in [0.1, 0.15) is 5.52 Å². The van der Waals surface area contributed by atoms with Gasteiger partial charge in [0.2, 0.25) is 0 Å². The second-order valence-electron chi connectivity index (χ2n) is 5.41. The highest BCUT2D eigenvalue weighted by Gasteiger charge is 2.29. The molecule has 0 radical (unpaired) electrons. The Morgan fingerprint density at radius 3 is 2.85 bits per heavy atom. The molecule has 1 aromatic heterocycles. The van der Waals surface area contributed by atoms with Crippen LogP contribution in [0.3, 0.4) is 0 Å². The summed E-state index contributed by atoms with van der Waals surface area (Å²) in [5, 5.41) is 9.31. The van der Waals surface area contributed by atoms with E-state index in [0.717, 1.165) is 18.4 Å². The lowest BCUT2D eigenvalue weighted by atomic mass is 9.82. The van der Waals surface area contributed by atoms with Crippen LogP contribution in [0, 0.1) is 5.92 Å². The van der Waals surface area contributed by atoms with Gasteiger partial charge in [-0.05, 0) is 30.9 Å². The zero-order valence-electron chi connectivity index (χ0n) is 11.4. The fourth-order valence-corrected chi connectivity index (χ4v) is 2.69. The fourth-order valence-electron chi connectivity index (χ4n) is 2.69. The lowest BCUT2D eigenvalue weighted by molar-refractivity contribution is 0.0266. The summed E-state index contributed by atoms with van der Waals surface area (Å²) in [6.45, 7) is 0.673. The van der Waals surface area contributed by atoms with Crippen LogP contribution in [-0.4, -0.2) is 45.6 Å². The Morgan fingerprint density at radius 1 is 1.35 bits per heavy atom. The van der Waals surface area contributed by atoms with Crippen LogP contribution in [0.15, 0.2) is 30.6 Å². The van der Waals surface area contributed by atoms with Crippen LogP contribution in [-0.2, 0) is 0 Å². The summed E-state index contributed by atoms with van der Waals surface area (Å²) >= 11 is 0. The van der Waals surface area contributed by atoms with Gasteiger partial charge in [0.05, 0.1) is 17.2 Å². The van der Waals surface area contributed by atoms with E-state index < -0.39 is 0 Å². The van der Waals surface area contributed by atoms with E-state index in [-0.39, 0.29) is 12.0 Å². The Morgan fingerprint density at radius 2 is 2.10 bits per heavy atom. The molecule has 1 heterocycles. The molecule has 1 saturated carbocycles. The molecule has 1 aliphatic carbocycles. The highest BCUT2D eigenvalue weighted by atomic mass is 16.3. The largest absolute Gasteiger partial charge is 0.393 e. The zero-order valence-corrected chi connectivity index (χ0v) is 11.4. The molecule has 3 rings (SSSR count). The first-order chi connectivity index (χ1) is 9.65. The summed E-state index contributed by atoms with van der Waals surface area (Å²) in [5.41, 5.74) is 1.95. The molecule has 0 bridgehead atoms. The van der Waals surface area contributed by atoms with E-state index in [4.69, 9.17) is 0 Å². The van der Waals surface area contributed by atoms with E-state index >= 15 is 0 Å². The molecule has 0 saturated heterocycles. The predicted molar refractivity (Wildman–Crippen MR) is 75.2 cm³/mol. The van der Waals surface area contributed by atoms with Crippen molar-refractivity contribution in [2.75, 3.05) is 13.6 Å². The number of nitrogens with zero attached hydrogens (tertiary/aromatic N) is 3. The molecule has 0 spiro atoms. The molecule has 0 unspecified atom stereocenters. The minimum atomic E-state index is -0.188. The van der Waals surface area contributed by atoms with Crippen molar-refractivity contribution < 1.29 is 9.90 Å². The van der Waals surface area contributed by atoms with Crippen LogP contribution in [0.1, 0.15) is 23.2 Å². The quantitative estimate of drug-likeness (QED) is 0.918. The van der Waals surface area contributed by atoms with Crippen LogP contribution in [0.2, 0.25) is 0 Å². The molecular weight excluding hydrogens is 254 g/mol. The summed E-state index contributed by atoms with van der Waals surface area (Å²) in [5.74, 6) is 0.359. The fraction of sp³-hybridized carbons (Fsp3) is 0.400. The lowest BCUT2D eigenvalue weighted by Gasteiger charge is -2.34. The highest BCUT2D eigenvalue weighted by Crippen LogP contribution is 2.28. The summed E-state index contributed by atoms with van der Waals surface area (Å²) in [7, 11) is 1.79. The van der Waals surface area contributed by atoms with Gasteiger partial charge < -0.3 is 10.0 Å². The third-order valence-electron chi connectivity index (χ3n) is 3.82. The first kappa shape index (κ1) is 13.0. The molecule has 5 heteroatoms. The van der Waals surface area contributed by atoms with E-state index in [2.05, 4.69) is 9.97 Å². The minimum absolute atomic E-state index is 0.0440. The van der Waals surface area contributed by atoms with Crippen molar-refractivity contribution >= 4 is 16.9 Å². The number of carbonyl (C=O) groups excluding carboxylic acids is 1. The van der Waals surface area contributed by atoms with Gasteiger partial charge in [0.15, 0.2) is 0 Å². The maximum atomic E-state index is 12.5. The number of rotatable bonds is 3. The average molecular weight is 271 g/mol. The molecule has 0 atom stereocenters. The number of aliphatic hydroxyl groups excluding tert-OH is 1. The van der Waals surface area contributed by atoms with Gasteiger partial charge in [0, 0.05) is 26.0 Å². The number of aromatic nitrogens is 2. The normalized spacial score (nSPS) is 21.5. The Labute approximate surface area is 117 Å². The van der Waals surface area contributed by atoms with Crippen molar-refractivity contribution in [3.8, 4) is 0 Å². The van der Waals surface area contributed by atoms with Gasteiger partial charge in [0.25, 0.3) is 5.91 Å². The second-order valence-corrected chi connectivity index (χ2v) is 5.41. The van der Waals surface area contributed by atoms with Gasteiger partial charge in [-0.3, -0.25) is 14.8 Å². The number of para-hydroxylation sites is 1. The van der Waals surface area contributed by atoms with Crippen molar-refractivity contribution in [3.05, 3.63) is 36.2 Å². The van der Waals surface area contributed by atoms with Crippen LogP contribution < -0.4 is 0 Å². The molecule has 0 aliphatic heterocycles. The highest BCUT2D eigenvalue weighted by molar-refractivity contribution is 6.04. The molecule has 1 amide bonds. The van der Waals surface area contributed by atoms with Crippen molar-refractivity contribution in [2.45, 2.75) is 18.9 Å². The van der Waals surface area contributed by atoms with Gasteiger partial charge in [-0.1, -0.05) is 6.07 Å². The van der Waals surface area contributed by atoms with Crippen LogP contribution in [0.25, 0.3) is 11.0 Å². The van der Waals surface area contributed by atoms with Gasteiger partial charge >= 0.3 is 0 Å². The SMILES string of the molecule is CN(CC1CC(O)C1)C(=O)c1cccc2nccnc12. The van der Waals surface area contributed by atoms with E-state index in [1.54, 1.807) is 30.4 Å². The predicted octanol–water partition coefficient (Wildman–Crippen LogP) is 1.47. The average Bonchev–Trinajstić information content (AvgIpc) is 2.44. The molecule has 1 aliphatic rings. The van der Waals surface area contributed by atoms with Crippen molar-refractivity contribution in [3.63, 3.8) is 0 Å². The zero-order chi connectivity index (χ0) is 14.1. The molecule has 2 aromatic rings. The standard InChI is InChI=1S/C15H17N3O2/c1-18(9-10-7-11(19)8-10)15(20)12-3-2-4-13-14(12)17-6-5-16-13/h2-6,10-11,19H,7-9H2,1H3. The molecular formula is C15H17N3O2. The van der Waals surface area contributed by atoms with Gasteiger partial charge in [-0.25, -0.2) is 0 Å². The Hall–Kier alpha value is -2.01. The van der Waals surface area contributed by atoms with Crippen molar-refractivity contribution in [1.29, 1.82) is 0 Å². The van der Waals surface area contributed by atoms with E-state index in [9.17, 15) is 9.90 Å². The third kappa shape index (κ3) is 2.36. The summed E-state index contributed by atoms with van der Waals surface area (Å²) in [4.78, 5) is 22.7. The van der Waals surface area contributed by atoms with Crippen LogP contribution in [0.4, 0.5) is 0 Å². The first-order valence-electron chi connectivity index (χ1n) is 6.78. The molecule has 1 aromatic carbocycles. The van der Waals surface area contributed by atoms with Crippen molar-refractivity contribution in [1.82, 2.24) is 14.9 Å². The second kappa shape index (κ2) is 5.17.